The number of nitrogens with zero attached hydrogens (tertiary/aromatic N) is 1. The topological polar surface area (TPSA) is 12.9 Å². The molecule has 0 saturated heterocycles. The van der Waals surface area contributed by atoms with Crippen molar-refractivity contribution in [3.05, 3.63) is 50.9 Å². The van der Waals surface area contributed by atoms with E-state index in [0.29, 0.717) is 5.92 Å². The lowest BCUT2D eigenvalue weighted by Crippen LogP contribution is -2.03. The molecule has 0 aliphatic rings. The molecule has 0 spiro atoms. The van der Waals surface area contributed by atoms with Crippen molar-refractivity contribution < 1.29 is 0 Å². The molecule has 1 heterocycles. The molecule has 0 amide bonds. The van der Waals surface area contributed by atoms with Crippen LogP contribution in [0.2, 0.25) is 5.02 Å². The normalized spacial score (nSPS) is 12.6. The van der Waals surface area contributed by atoms with E-state index in [1.54, 1.807) is 11.3 Å². The molecule has 96 valence electrons. The van der Waals surface area contributed by atoms with Gasteiger partial charge in [-0.05, 0) is 37.3 Å². The minimum atomic E-state index is 0.459. The Kier molecular flexibility index (Phi) is 5.22. The van der Waals surface area contributed by atoms with Crippen LogP contribution in [0, 0.1) is 6.92 Å². The van der Waals surface area contributed by atoms with E-state index in [9.17, 15) is 0 Å². The maximum atomic E-state index is 6.26. The first-order valence-electron chi connectivity index (χ1n) is 5.91. The standard InChI is InChI=1S/C14H15BrClNS/c1-10-14(18-9-17-10)7-6-11(8-15)12-4-2-3-5-13(12)16/h2-5,9,11H,6-8H2,1H3. The Balaban J connectivity index is 2.07. The van der Waals surface area contributed by atoms with Crippen molar-refractivity contribution in [1.29, 1.82) is 0 Å². The molecule has 0 aliphatic heterocycles. The Morgan fingerprint density at radius 1 is 1.39 bits per heavy atom. The third kappa shape index (κ3) is 3.34. The number of halogens is 2. The lowest BCUT2D eigenvalue weighted by Gasteiger charge is -2.15. The summed E-state index contributed by atoms with van der Waals surface area (Å²) in [6.45, 7) is 2.07. The summed E-state index contributed by atoms with van der Waals surface area (Å²) in [6, 6.07) is 8.11. The minimum absolute atomic E-state index is 0.459. The summed E-state index contributed by atoms with van der Waals surface area (Å²) in [6.07, 6.45) is 2.16. The van der Waals surface area contributed by atoms with Crippen LogP contribution in [0.1, 0.15) is 28.5 Å². The second-order valence-corrected chi connectivity index (χ2v) is 6.27. The molecular weight excluding hydrogens is 330 g/mol. The molecule has 0 N–H and O–H groups in total. The van der Waals surface area contributed by atoms with Crippen molar-refractivity contribution in [1.82, 2.24) is 4.98 Å². The van der Waals surface area contributed by atoms with Gasteiger partial charge >= 0.3 is 0 Å². The van der Waals surface area contributed by atoms with Crippen molar-refractivity contribution in [3.63, 3.8) is 0 Å². The van der Waals surface area contributed by atoms with Gasteiger partial charge in [-0.25, -0.2) is 4.98 Å². The van der Waals surface area contributed by atoms with Crippen LogP contribution in [-0.2, 0) is 6.42 Å². The minimum Gasteiger partial charge on any atom is -0.250 e. The second kappa shape index (κ2) is 6.69. The van der Waals surface area contributed by atoms with E-state index < -0.39 is 0 Å². The van der Waals surface area contributed by atoms with Crippen LogP contribution < -0.4 is 0 Å². The van der Waals surface area contributed by atoms with Crippen molar-refractivity contribution >= 4 is 38.9 Å². The Morgan fingerprint density at radius 3 is 2.78 bits per heavy atom. The molecule has 0 aliphatic carbocycles. The number of hydrogen-bond donors (Lipinski definition) is 0. The fourth-order valence-electron chi connectivity index (χ4n) is 1.99. The maximum absolute atomic E-state index is 6.26. The molecule has 4 heteroatoms. The lowest BCUT2D eigenvalue weighted by atomic mass is 9.95. The monoisotopic (exact) mass is 343 g/mol. The Hall–Kier alpha value is -0.380. The van der Waals surface area contributed by atoms with E-state index in [1.165, 1.54) is 10.4 Å². The number of aryl methyl sites for hydroxylation is 2. The third-order valence-electron chi connectivity index (χ3n) is 3.10. The number of thiazole rings is 1. The summed E-state index contributed by atoms with van der Waals surface area (Å²) >= 11 is 11.6. The molecule has 0 fully saturated rings. The average Bonchev–Trinajstić information content (AvgIpc) is 2.78. The Morgan fingerprint density at radius 2 is 2.17 bits per heavy atom. The molecule has 18 heavy (non-hydrogen) atoms. The maximum Gasteiger partial charge on any atom is 0.0797 e. The van der Waals surface area contributed by atoms with Crippen molar-refractivity contribution in [2.24, 2.45) is 0 Å². The largest absolute Gasteiger partial charge is 0.250 e. The van der Waals surface area contributed by atoms with E-state index in [4.69, 9.17) is 11.6 Å². The molecule has 1 unspecified atom stereocenters. The molecule has 0 radical (unpaired) electrons. The van der Waals surface area contributed by atoms with E-state index in [0.717, 1.165) is 28.9 Å². The highest BCUT2D eigenvalue weighted by atomic mass is 79.9. The van der Waals surface area contributed by atoms with Gasteiger partial charge in [0, 0.05) is 15.2 Å². The van der Waals surface area contributed by atoms with E-state index >= 15 is 0 Å². The Bertz CT molecular complexity index is 512. The van der Waals surface area contributed by atoms with Gasteiger partial charge in [0.25, 0.3) is 0 Å². The summed E-state index contributed by atoms with van der Waals surface area (Å²) in [7, 11) is 0. The molecule has 1 aromatic heterocycles. The van der Waals surface area contributed by atoms with Gasteiger partial charge in [-0.15, -0.1) is 11.3 Å². The first-order chi connectivity index (χ1) is 8.72. The van der Waals surface area contributed by atoms with Gasteiger partial charge in [0.1, 0.15) is 0 Å². The van der Waals surface area contributed by atoms with Crippen LogP contribution in [0.4, 0.5) is 0 Å². The smallest absolute Gasteiger partial charge is 0.0797 e. The molecule has 1 aromatic carbocycles. The zero-order valence-electron chi connectivity index (χ0n) is 10.2. The van der Waals surface area contributed by atoms with E-state index in [-0.39, 0.29) is 0 Å². The van der Waals surface area contributed by atoms with Crippen LogP contribution in [0.5, 0.6) is 0 Å². The fraction of sp³-hybridized carbons (Fsp3) is 0.357. The first kappa shape index (κ1) is 14.0. The molecule has 2 aromatic rings. The summed E-state index contributed by atoms with van der Waals surface area (Å²) in [5.41, 5.74) is 4.31. The molecule has 2 rings (SSSR count). The number of aromatic nitrogens is 1. The summed E-state index contributed by atoms with van der Waals surface area (Å²) in [5.74, 6) is 0.459. The summed E-state index contributed by atoms with van der Waals surface area (Å²) in [5, 5.41) is 1.80. The van der Waals surface area contributed by atoms with Gasteiger partial charge in [0.15, 0.2) is 0 Å². The summed E-state index contributed by atoms with van der Waals surface area (Å²) in [4.78, 5) is 5.67. The van der Waals surface area contributed by atoms with Gasteiger partial charge in [0.05, 0.1) is 11.2 Å². The zero-order valence-corrected chi connectivity index (χ0v) is 13.4. The van der Waals surface area contributed by atoms with Crippen LogP contribution in [-0.4, -0.2) is 10.3 Å². The molecule has 0 saturated carbocycles. The Labute approximate surface area is 125 Å². The SMILES string of the molecule is Cc1ncsc1CCC(CBr)c1ccccc1Cl. The van der Waals surface area contributed by atoms with Crippen molar-refractivity contribution in [3.8, 4) is 0 Å². The van der Waals surface area contributed by atoms with Crippen LogP contribution in [0.3, 0.4) is 0 Å². The first-order valence-corrected chi connectivity index (χ1v) is 8.29. The van der Waals surface area contributed by atoms with Crippen molar-refractivity contribution in [2.45, 2.75) is 25.7 Å². The summed E-state index contributed by atoms with van der Waals surface area (Å²) < 4.78 is 0. The van der Waals surface area contributed by atoms with Gasteiger partial charge in [-0.3, -0.25) is 0 Å². The second-order valence-electron chi connectivity index (χ2n) is 4.27. The lowest BCUT2D eigenvalue weighted by molar-refractivity contribution is 0.694. The third-order valence-corrected chi connectivity index (χ3v) is 5.22. The zero-order chi connectivity index (χ0) is 13.0. The molecule has 1 nitrogen and oxygen atoms in total. The van der Waals surface area contributed by atoms with Crippen LogP contribution >= 0.6 is 38.9 Å². The highest BCUT2D eigenvalue weighted by Gasteiger charge is 2.14. The van der Waals surface area contributed by atoms with Gasteiger partial charge in [-0.1, -0.05) is 45.7 Å². The highest BCUT2D eigenvalue weighted by Crippen LogP contribution is 2.30. The molecular formula is C14H15BrClNS. The highest BCUT2D eigenvalue weighted by molar-refractivity contribution is 9.09. The van der Waals surface area contributed by atoms with Crippen LogP contribution in [0.15, 0.2) is 29.8 Å². The van der Waals surface area contributed by atoms with Gasteiger partial charge in [-0.2, -0.15) is 0 Å². The number of rotatable bonds is 5. The predicted octanol–water partition coefficient (Wildman–Crippen LogP) is 5.22. The van der Waals surface area contributed by atoms with Gasteiger partial charge < -0.3 is 0 Å². The van der Waals surface area contributed by atoms with E-state index in [2.05, 4.69) is 40.0 Å². The van der Waals surface area contributed by atoms with Crippen molar-refractivity contribution in [2.75, 3.05) is 5.33 Å². The molecule has 0 bridgehead atoms. The number of alkyl halides is 1. The number of hydrogen-bond acceptors (Lipinski definition) is 2. The van der Waals surface area contributed by atoms with E-state index in [1.807, 2.05) is 17.6 Å². The predicted molar refractivity (Wildman–Crippen MR) is 83.2 cm³/mol. The average molecular weight is 345 g/mol. The molecule has 1 atom stereocenters. The quantitative estimate of drug-likeness (QED) is 0.678. The number of benzene rings is 1. The van der Waals surface area contributed by atoms with Gasteiger partial charge in [0.2, 0.25) is 0 Å². The van der Waals surface area contributed by atoms with Crippen LogP contribution in [0.25, 0.3) is 0 Å². The fourth-order valence-corrected chi connectivity index (χ4v) is 3.75.